The SMILES string of the molecule is Cc1cc(C)c(Br)c(C(C)O)c1. The zero-order valence-corrected chi connectivity index (χ0v) is 9.14. The molecular weight excluding hydrogens is 216 g/mol. The van der Waals surface area contributed by atoms with Crippen molar-refractivity contribution in [3.63, 3.8) is 0 Å². The molecule has 1 atom stereocenters. The van der Waals surface area contributed by atoms with Gasteiger partial charge in [-0.05, 0) is 31.9 Å². The van der Waals surface area contributed by atoms with Gasteiger partial charge in [-0.25, -0.2) is 0 Å². The van der Waals surface area contributed by atoms with Gasteiger partial charge in [0.05, 0.1) is 6.10 Å². The number of hydrogen-bond donors (Lipinski definition) is 1. The predicted molar refractivity (Wildman–Crippen MR) is 54.2 cm³/mol. The summed E-state index contributed by atoms with van der Waals surface area (Å²) in [5.74, 6) is 0. The van der Waals surface area contributed by atoms with Gasteiger partial charge in [-0.2, -0.15) is 0 Å². The lowest BCUT2D eigenvalue weighted by atomic mass is 10.0. The van der Waals surface area contributed by atoms with Crippen LogP contribution in [0.3, 0.4) is 0 Å². The number of rotatable bonds is 1. The zero-order valence-electron chi connectivity index (χ0n) is 7.56. The van der Waals surface area contributed by atoms with Crippen LogP contribution in [0.2, 0.25) is 0 Å². The fourth-order valence-electron chi connectivity index (χ4n) is 1.29. The van der Waals surface area contributed by atoms with E-state index in [1.165, 1.54) is 11.1 Å². The lowest BCUT2D eigenvalue weighted by molar-refractivity contribution is 0.198. The molecule has 0 aliphatic rings. The Balaban J connectivity index is 3.28. The molecule has 0 saturated heterocycles. The Kier molecular flexibility index (Phi) is 2.91. The van der Waals surface area contributed by atoms with E-state index in [9.17, 15) is 5.11 Å². The molecule has 0 saturated carbocycles. The van der Waals surface area contributed by atoms with Crippen LogP contribution >= 0.6 is 15.9 Å². The van der Waals surface area contributed by atoms with E-state index in [0.29, 0.717) is 0 Å². The molecule has 1 rings (SSSR count). The summed E-state index contributed by atoms with van der Waals surface area (Å²) in [5, 5.41) is 9.42. The molecule has 0 bridgehead atoms. The van der Waals surface area contributed by atoms with E-state index in [-0.39, 0.29) is 0 Å². The minimum absolute atomic E-state index is 0.405. The van der Waals surface area contributed by atoms with Gasteiger partial charge in [-0.1, -0.05) is 33.6 Å². The van der Waals surface area contributed by atoms with Crippen LogP contribution in [0.4, 0.5) is 0 Å². The van der Waals surface area contributed by atoms with Gasteiger partial charge in [0.2, 0.25) is 0 Å². The Hall–Kier alpha value is -0.340. The first kappa shape index (κ1) is 9.75. The molecule has 0 amide bonds. The van der Waals surface area contributed by atoms with Crippen LogP contribution in [0.5, 0.6) is 0 Å². The molecule has 0 aliphatic carbocycles. The average molecular weight is 229 g/mol. The van der Waals surface area contributed by atoms with E-state index < -0.39 is 6.10 Å². The number of aliphatic hydroxyl groups is 1. The summed E-state index contributed by atoms with van der Waals surface area (Å²) >= 11 is 3.45. The molecule has 1 N–H and O–H groups in total. The smallest absolute Gasteiger partial charge is 0.0773 e. The summed E-state index contributed by atoms with van der Waals surface area (Å²) in [6, 6.07) is 4.09. The number of hydrogen-bond acceptors (Lipinski definition) is 1. The maximum atomic E-state index is 9.42. The van der Waals surface area contributed by atoms with E-state index in [1.807, 2.05) is 19.9 Å². The van der Waals surface area contributed by atoms with Gasteiger partial charge >= 0.3 is 0 Å². The van der Waals surface area contributed by atoms with Gasteiger partial charge in [0.1, 0.15) is 0 Å². The fourth-order valence-corrected chi connectivity index (χ4v) is 1.85. The molecule has 1 nitrogen and oxygen atoms in total. The summed E-state index contributed by atoms with van der Waals surface area (Å²) in [5.41, 5.74) is 3.32. The van der Waals surface area contributed by atoms with Crippen LogP contribution in [0, 0.1) is 13.8 Å². The summed E-state index contributed by atoms with van der Waals surface area (Å²) in [7, 11) is 0. The molecule has 0 fully saturated rings. The minimum Gasteiger partial charge on any atom is -0.389 e. The third-order valence-electron chi connectivity index (χ3n) is 1.88. The van der Waals surface area contributed by atoms with Crippen molar-refractivity contribution in [2.45, 2.75) is 26.9 Å². The lowest BCUT2D eigenvalue weighted by Crippen LogP contribution is -1.95. The molecule has 0 radical (unpaired) electrons. The van der Waals surface area contributed by atoms with Gasteiger partial charge in [-0.15, -0.1) is 0 Å². The van der Waals surface area contributed by atoms with E-state index in [4.69, 9.17) is 0 Å². The summed E-state index contributed by atoms with van der Waals surface area (Å²) in [4.78, 5) is 0. The van der Waals surface area contributed by atoms with Crippen molar-refractivity contribution in [1.29, 1.82) is 0 Å². The first-order valence-corrected chi connectivity index (χ1v) is 4.76. The second kappa shape index (κ2) is 3.58. The quantitative estimate of drug-likeness (QED) is 0.784. The fraction of sp³-hybridized carbons (Fsp3) is 0.400. The highest BCUT2D eigenvalue weighted by molar-refractivity contribution is 9.10. The maximum absolute atomic E-state index is 9.42. The molecule has 1 unspecified atom stereocenters. The van der Waals surface area contributed by atoms with Crippen molar-refractivity contribution < 1.29 is 5.11 Å². The lowest BCUT2D eigenvalue weighted by Gasteiger charge is -2.11. The maximum Gasteiger partial charge on any atom is 0.0773 e. The highest BCUT2D eigenvalue weighted by Gasteiger charge is 2.08. The first-order valence-electron chi connectivity index (χ1n) is 3.97. The molecule has 0 heterocycles. The largest absolute Gasteiger partial charge is 0.389 e. The third kappa shape index (κ3) is 1.87. The number of benzene rings is 1. The molecule has 0 aliphatic heterocycles. The molecule has 2 heteroatoms. The monoisotopic (exact) mass is 228 g/mol. The molecule has 1 aromatic carbocycles. The van der Waals surface area contributed by atoms with Crippen LogP contribution in [-0.2, 0) is 0 Å². The van der Waals surface area contributed by atoms with Crippen molar-refractivity contribution in [2.75, 3.05) is 0 Å². The highest BCUT2D eigenvalue weighted by Crippen LogP contribution is 2.27. The Labute approximate surface area is 81.6 Å². The Morgan fingerprint density at radius 2 is 1.92 bits per heavy atom. The third-order valence-corrected chi connectivity index (χ3v) is 2.96. The number of aliphatic hydroxyl groups excluding tert-OH is 1. The van der Waals surface area contributed by atoms with E-state index in [0.717, 1.165) is 10.0 Å². The van der Waals surface area contributed by atoms with Crippen molar-refractivity contribution >= 4 is 15.9 Å². The molecule has 12 heavy (non-hydrogen) atoms. The van der Waals surface area contributed by atoms with Crippen molar-refractivity contribution in [3.05, 3.63) is 33.3 Å². The van der Waals surface area contributed by atoms with Crippen molar-refractivity contribution in [1.82, 2.24) is 0 Å². The predicted octanol–water partition coefficient (Wildman–Crippen LogP) is 3.12. The molecule has 66 valence electrons. The molecular formula is C10H13BrO. The van der Waals surface area contributed by atoms with Crippen molar-refractivity contribution in [2.24, 2.45) is 0 Å². The normalized spacial score (nSPS) is 13.1. The summed E-state index contributed by atoms with van der Waals surface area (Å²) in [6.45, 7) is 5.84. The van der Waals surface area contributed by atoms with Gasteiger partial charge in [0, 0.05) is 4.47 Å². The Bertz CT molecular complexity index is 292. The van der Waals surface area contributed by atoms with Crippen LogP contribution in [0.25, 0.3) is 0 Å². The van der Waals surface area contributed by atoms with Gasteiger partial charge in [0.15, 0.2) is 0 Å². The summed E-state index contributed by atoms with van der Waals surface area (Å²) < 4.78 is 1.02. The summed E-state index contributed by atoms with van der Waals surface area (Å²) in [6.07, 6.45) is -0.405. The standard InChI is InChI=1S/C10H13BrO/c1-6-4-7(2)10(11)9(5-6)8(3)12/h4-5,8,12H,1-3H3. The highest BCUT2D eigenvalue weighted by atomic mass is 79.9. The molecule has 1 aromatic rings. The van der Waals surface area contributed by atoms with E-state index in [1.54, 1.807) is 6.92 Å². The number of aryl methyl sites for hydroxylation is 2. The second-order valence-electron chi connectivity index (χ2n) is 3.16. The van der Waals surface area contributed by atoms with Crippen LogP contribution < -0.4 is 0 Å². The molecule has 0 spiro atoms. The van der Waals surface area contributed by atoms with Gasteiger partial charge in [0.25, 0.3) is 0 Å². The first-order chi connectivity index (χ1) is 5.52. The van der Waals surface area contributed by atoms with Crippen LogP contribution in [0.15, 0.2) is 16.6 Å². The van der Waals surface area contributed by atoms with E-state index in [2.05, 4.69) is 22.0 Å². The zero-order chi connectivity index (χ0) is 9.30. The second-order valence-corrected chi connectivity index (χ2v) is 3.95. The van der Waals surface area contributed by atoms with Crippen LogP contribution in [-0.4, -0.2) is 5.11 Å². The van der Waals surface area contributed by atoms with Crippen LogP contribution in [0.1, 0.15) is 29.7 Å². The van der Waals surface area contributed by atoms with Gasteiger partial charge < -0.3 is 5.11 Å². The average Bonchev–Trinajstić information content (AvgIpc) is 1.96. The Morgan fingerprint density at radius 3 is 2.42 bits per heavy atom. The molecule has 0 aromatic heterocycles. The number of halogens is 1. The Morgan fingerprint density at radius 1 is 1.33 bits per heavy atom. The van der Waals surface area contributed by atoms with Gasteiger partial charge in [-0.3, -0.25) is 0 Å². The topological polar surface area (TPSA) is 20.2 Å². The van der Waals surface area contributed by atoms with Crippen molar-refractivity contribution in [3.8, 4) is 0 Å². The van der Waals surface area contributed by atoms with E-state index >= 15 is 0 Å². The minimum atomic E-state index is -0.405.